The van der Waals surface area contributed by atoms with Crippen LogP contribution < -0.4 is 40.2 Å². The number of methoxy groups -OCH3 is 2. The van der Waals surface area contributed by atoms with Gasteiger partial charge < -0.3 is 59.7 Å². The zero-order chi connectivity index (χ0) is 46.6. The second kappa shape index (κ2) is 20.0. The number of nitrogens with zero attached hydrogens (tertiary/aromatic N) is 2. The lowest BCUT2D eigenvalue weighted by Crippen LogP contribution is -2.39. The Labute approximate surface area is 391 Å². The highest BCUT2D eigenvalue weighted by atomic mass is 35.5. The number of rotatable bonds is 14. The third kappa shape index (κ3) is 9.57. The lowest BCUT2D eigenvalue weighted by Gasteiger charge is -2.26. The number of ether oxygens (including phenoxy) is 6. The van der Waals surface area contributed by atoms with Gasteiger partial charge in [0.05, 0.1) is 89.1 Å². The first kappa shape index (κ1) is 45.3. The average molecular weight is 935 g/mol. The molecule has 2 saturated heterocycles. The molecule has 0 spiro atoms. The normalized spacial score (nSPS) is 19.4. The number of pyridine rings is 2. The molecule has 350 valence electrons. The first-order valence-electron chi connectivity index (χ1n) is 22.3. The van der Waals surface area contributed by atoms with Crippen molar-refractivity contribution in [1.29, 1.82) is 0 Å². The number of carbonyl (C=O) groups excluding carboxylic acids is 2. The zero-order valence-electron chi connectivity index (χ0n) is 37.5. The number of nitrogens with one attached hydrogen (secondary N) is 6. The molecule has 0 bridgehead atoms. The predicted molar refractivity (Wildman–Crippen MR) is 251 cm³/mol. The van der Waals surface area contributed by atoms with Crippen LogP contribution in [0.2, 0.25) is 5.02 Å². The molecular weight excluding hydrogens is 883 g/mol. The van der Waals surface area contributed by atoms with Crippen molar-refractivity contribution in [3.05, 3.63) is 107 Å². The first-order chi connectivity index (χ1) is 32.6. The van der Waals surface area contributed by atoms with Gasteiger partial charge in [-0.1, -0.05) is 23.7 Å². The minimum Gasteiger partial charge on any atom is -0.493 e. The Morgan fingerprint density at radius 3 is 1.72 bits per heavy atom. The molecule has 4 aliphatic heterocycles. The summed E-state index contributed by atoms with van der Waals surface area (Å²) in [5, 5.41) is 13.1. The smallest absolute Gasteiger partial charge is 0.255 e. The number of fused-ring (bicyclic) bond motifs is 2. The van der Waals surface area contributed by atoms with E-state index < -0.39 is 5.82 Å². The number of aromatic nitrogens is 4. The Morgan fingerprint density at radius 1 is 0.716 bits per heavy atom. The molecule has 2 fully saturated rings. The maximum absolute atomic E-state index is 14.4. The van der Waals surface area contributed by atoms with Gasteiger partial charge in [-0.15, -0.1) is 0 Å². The van der Waals surface area contributed by atoms with Crippen LogP contribution in [0.25, 0.3) is 22.5 Å². The van der Waals surface area contributed by atoms with Crippen molar-refractivity contribution in [3.8, 4) is 45.5 Å². The van der Waals surface area contributed by atoms with E-state index >= 15 is 0 Å². The highest BCUT2D eigenvalue weighted by Crippen LogP contribution is 2.45. The summed E-state index contributed by atoms with van der Waals surface area (Å²) >= 11 is 6.34. The molecule has 67 heavy (non-hydrogen) atoms. The van der Waals surface area contributed by atoms with Crippen LogP contribution in [0.3, 0.4) is 0 Å². The average Bonchev–Trinajstić information content (AvgIpc) is 4.04. The molecule has 0 aliphatic carbocycles. The first-order valence-corrected chi connectivity index (χ1v) is 22.7. The molecule has 0 unspecified atom stereocenters. The van der Waals surface area contributed by atoms with Crippen LogP contribution in [0.1, 0.15) is 65.2 Å². The van der Waals surface area contributed by atoms with E-state index in [1.165, 1.54) is 13.2 Å². The summed E-state index contributed by atoms with van der Waals surface area (Å²) in [5.41, 5.74) is 7.85. The molecule has 2 amide bonds. The number of benzene rings is 2. The van der Waals surface area contributed by atoms with Gasteiger partial charge in [0.2, 0.25) is 0 Å². The van der Waals surface area contributed by atoms with E-state index in [0.29, 0.717) is 87.9 Å². The van der Waals surface area contributed by atoms with Crippen molar-refractivity contribution in [3.63, 3.8) is 0 Å². The highest BCUT2D eigenvalue weighted by molar-refractivity contribution is 6.32. The van der Waals surface area contributed by atoms with Gasteiger partial charge in [0.1, 0.15) is 24.7 Å². The number of aromatic amines is 2. The van der Waals surface area contributed by atoms with Crippen LogP contribution in [-0.2, 0) is 22.3 Å². The number of carbonyl (C=O) groups is 2. The van der Waals surface area contributed by atoms with Crippen molar-refractivity contribution in [2.45, 2.75) is 70.2 Å². The van der Waals surface area contributed by atoms with Crippen LogP contribution in [-0.4, -0.2) is 96.7 Å². The Balaban J connectivity index is 0.000000168. The van der Waals surface area contributed by atoms with Gasteiger partial charge in [0.25, 0.3) is 11.8 Å². The molecule has 18 heteroatoms. The Bertz CT molecular complexity index is 2770. The van der Waals surface area contributed by atoms with Crippen molar-refractivity contribution in [2.24, 2.45) is 0 Å². The molecule has 4 aliphatic rings. The second-order valence-corrected chi connectivity index (χ2v) is 17.2. The van der Waals surface area contributed by atoms with Crippen molar-refractivity contribution < 1.29 is 42.4 Å². The van der Waals surface area contributed by atoms with Gasteiger partial charge in [-0.2, -0.15) is 0 Å². The lowest BCUT2D eigenvalue weighted by molar-refractivity contribution is -0.0720. The molecule has 4 atom stereocenters. The topological polar surface area (TPSA) is 195 Å². The molecular formula is C49H52ClFN8O8. The van der Waals surface area contributed by atoms with E-state index in [-0.39, 0.29) is 41.9 Å². The molecule has 4 aromatic heterocycles. The predicted octanol–water partition coefficient (Wildman–Crippen LogP) is 8.52. The monoisotopic (exact) mass is 934 g/mol. The number of H-pyrrole nitrogens is 2. The van der Waals surface area contributed by atoms with Crippen LogP contribution in [0, 0.1) is 5.82 Å². The number of anilines is 4. The van der Waals surface area contributed by atoms with E-state index in [0.717, 1.165) is 60.7 Å². The van der Waals surface area contributed by atoms with Crippen LogP contribution in [0.5, 0.6) is 23.0 Å². The minimum absolute atomic E-state index is 0.0178. The van der Waals surface area contributed by atoms with Crippen molar-refractivity contribution >= 4 is 46.2 Å². The highest BCUT2D eigenvalue weighted by Gasteiger charge is 2.33. The molecule has 0 radical (unpaired) electrons. The fourth-order valence-electron chi connectivity index (χ4n) is 8.73. The number of hydrogen-bond donors (Lipinski definition) is 6. The Kier molecular flexibility index (Phi) is 13.5. The van der Waals surface area contributed by atoms with Crippen LogP contribution in [0.4, 0.5) is 27.1 Å². The third-order valence-corrected chi connectivity index (χ3v) is 12.3. The number of halogens is 2. The van der Waals surface area contributed by atoms with E-state index in [1.807, 2.05) is 38.1 Å². The molecule has 0 saturated carbocycles. The maximum Gasteiger partial charge on any atom is 0.255 e. The molecule has 8 heterocycles. The molecule has 6 aromatic rings. The van der Waals surface area contributed by atoms with Gasteiger partial charge in [0, 0.05) is 79.5 Å². The Hall–Kier alpha value is -6.82. The molecule has 10 rings (SSSR count). The van der Waals surface area contributed by atoms with E-state index in [9.17, 15) is 14.0 Å². The minimum atomic E-state index is -0.499. The van der Waals surface area contributed by atoms with Crippen molar-refractivity contribution in [2.75, 3.05) is 51.3 Å². The van der Waals surface area contributed by atoms with Gasteiger partial charge in [-0.05, 0) is 63.1 Å². The van der Waals surface area contributed by atoms with E-state index in [4.69, 9.17) is 40.0 Å². The summed E-state index contributed by atoms with van der Waals surface area (Å²) in [6.45, 7) is 6.30. The number of para-hydroxylation sites is 2. The van der Waals surface area contributed by atoms with E-state index in [1.54, 1.807) is 50.1 Å². The van der Waals surface area contributed by atoms with Gasteiger partial charge in [-0.3, -0.25) is 19.6 Å². The molecule has 6 N–H and O–H groups in total. The lowest BCUT2D eigenvalue weighted by atomic mass is 10.0. The Morgan fingerprint density at radius 2 is 1.22 bits per heavy atom. The fourth-order valence-corrected chi connectivity index (χ4v) is 8.98. The molecule has 2 aromatic carbocycles. The summed E-state index contributed by atoms with van der Waals surface area (Å²) in [6, 6.07) is 13.8. The van der Waals surface area contributed by atoms with Crippen molar-refractivity contribution in [1.82, 2.24) is 30.6 Å². The summed E-state index contributed by atoms with van der Waals surface area (Å²) < 4.78 is 48.5. The van der Waals surface area contributed by atoms with E-state index in [2.05, 4.69) is 41.2 Å². The largest absolute Gasteiger partial charge is 0.493 e. The van der Waals surface area contributed by atoms with Gasteiger partial charge in [0.15, 0.2) is 17.3 Å². The summed E-state index contributed by atoms with van der Waals surface area (Å²) in [5.74, 6) is 0.899. The molecule has 16 nitrogen and oxygen atoms in total. The van der Waals surface area contributed by atoms with Crippen LogP contribution >= 0.6 is 11.6 Å². The second-order valence-electron chi connectivity index (χ2n) is 16.8. The van der Waals surface area contributed by atoms with Gasteiger partial charge >= 0.3 is 0 Å². The summed E-state index contributed by atoms with van der Waals surface area (Å²) in [7, 11) is 2.97. The quantitative estimate of drug-likeness (QED) is 0.0611. The number of amides is 2. The number of hydrogen-bond acceptors (Lipinski definition) is 12. The third-order valence-electron chi connectivity index (χ3n) is 12.0. The summed E-state index contributed by atoms with van der Waals surface area (Å²) in [4.78, 5) is 41.4. The zero-order valence-corrected chi connectivity index (χ0v) is 38.3. The standard InChI is InChI=1S/C25H27FN4O4.C24H25ClN4O4/c1-14-11-19-21(25(31)28-14)23(29-18-7-3-6-17(26)24(18)32-2)22(30-19)16-8-9-27-12-20(16)34-13-15-5-4-10-33-15;1-13-10-18-20(24(30)27-13)22(28-17-5-3-4-16(25)23(17)31-2)21(29-18)15-6-8-26-11-19(15)33-12-14-7-9-32-14/h3,6-9,12,14-15,29-30H,4-5,10-11,13H2,1-2H3,(H,28,31);3-6,8,11,13-14,28-29H,7,9-10,12H2,1-2H3,(H,27,30)/t14-,15+;13-,14+/m11/s1. The van der Waals surface area contributed by atoms with Gasteiger partial charge in [-0.25, -0.2) is 4.39 Å². The summed E-state index contributed by atoms with van der Waals surface area (Å²) in [6.07, 6.45) is 11.1. The fraction of sp³-hybridized carbons (Fsp3) is 0.347. The van der Waals surface area contributed by atoms with Crippen LogP contribution in [0.15, 0.2) is 73.3 Å². The maximum atomic E-state index is 14.4. The SMILES string of the molecule is COc1c(Cl)cccc1Nc1c(-c2ccncc2OC[C@@H]2CCO2)[nH]c2c1C(=O)N[C@H](C)C2.COc1c(F)cccc1Nc1c(-c2ccncc2OC[C@@H]2CCCO2)[nH]c2c1C(=O)N[C@H](C)C2.